The topological polar surface area (TPSA) is 76.3 Å². The quantitative estimate of drug-likeness (QED) is 0.687. The van der Waals surface area contributed by atoms with E-state index in [0.717, 1.165) is 23.1 Å². The highest BCUT2D eigenvalue weighted by Crippen LogP contribution is 2.35. The molecule has 5 heteroatoms. The third-order valence-electron chi connectivity index (χ3n) is 6.18. The summed E-state index contributed by atoms with van der Waals surface area (Å²) in [6.07, 6.45) is 5.15. The lowest BCUT2D eigenvalue weighted by Gasteiger charge is -2.41. The van der Waals surface area contributed by atoms with Gasteiger partial charge in [0.05, 0.1) is 11.0 Å². The van der Waals surface area contributed by atoms with Gasteiger partial charge in [-0.3, -0.25) is 14.6 Å². The molecule has 1 aliphatic rings. The number of aryl methyl sites for hydroxylation is 1. The van der Waals surface area contributed by atoms with Crippen molar-refractivity contribution in [3.05, 3.63) is 89.7 Å². The number of rotatable bonds is 5. The van der Waals surface area contributed by atoms with Crippen LogP contribution in [0.1, 0.15) is 34.3 Å². The van der Waals surface area contributed by atoms with E-state index in [0.29, 0.717) is 31.5 Å². The Kier molecular flexibility index (Phi) is 5.85. The molecule has 158 valence electrons. The smallest absolute Gasteiger partial charge is 0.255 e. The average Bonchev–Trinajstić information content (AvgIpc) is 2.80. The lowest BCUT2D eigenvalue weighted by atomic mass is 9.74. The number of hydrogen-bond acceptors (Lipinski definition) is 3. The van der Waals surface area contributed by atoms with E-state index in [1.165, 1.54) is 5.56 Å². The maximum atomic E-state index is 12.9. The molecule has 0 aliphatic carbocycles. The van der Waals surface area contributed by atoms with Crippen LogP contribution in [-0.2, 0) is 11.2 Å². The van der Waals surface area contributed by atoms with E-state index in [4.69, 9.17) is 5.73 Å². The second-order valence-electron chi connectivity index (χ2n) is 8.46. The zero-order chi connectivity index (χ0) is 21.8. The summed E-state index contributed by atoms with van der Waals surface area (Å²) in [4.78, 5) is 31.3. The summed E-state index contributed by atoms with van der Waals surface area (Å²) in [6.45, 7) is 3.02. The molecule has 0 bridgehead atoms. The number of nitrogens with two attached hydrogens (primary N) is 1. The van der Waals surface area contributed by atoms with E-state index in [1.807, 2.05) is 0 Å². The van der Waals surface area contributed by atoms with Gasteiger partial charge in [0.2, 0.25) is 5.91 Å². The van der Waals surface area contributed by atoms with Gasteiger partial charge in [-0.1, -0.05) is 54.1 Å². The highest BCUT2D eigenvalue weighted by molar-refractivity contribution is 5.94. The zero-order valence-electron chi connectivity index (χ0n) is 17.8. The summed E-state index contributed by atoms with van der Waals surface area (Å²) in [6, 6.07) is 20.2. The maximum absolute atomic E-state index is 12.9. The van der Waals surface area contributed by atoms with E-state index in [9.17, 15) is 9.59 Å². The molecule has 2 heterocycles. The summed E-state index contributed by atoms with van der Waals surface area (Å²) in [5.41, 5.74) is 10.2. The molecule has 1 fully saturated rings. The van der Waals surface area contributed by atoms with Gasteiger partial charge in [-0.15, -0.1) is 0 Å². The molecule has 0 unspecified atom stereocenters. The van der Waals surface area contributed by atoms with Gasteiger partial charge in [-0.05, 0) is 55.0 Å². The summed E-state index contributed by atoms with van der Waals surface area (Å²) in [5.74, 6) is -0.452. The van der Waals surface area contributed by atoms with Gasteiger partial charge in [0.1, 0.15) is 0 Å². The first-order chi connectivity index (χ1) is 15.0. The molecule has 2 aromatic carbocycles. The molecule has 3 aromatic rings. The van der Waals surface area contributed by atoms with Crippen molar-refractivity contribution in [2.45, 2.75) is 26.2 Å². The summed E-state index contributed by atoms with van der Waals surface area (Å²) in [5, 5.41) is 0. The van der Waals surface area contributed by atoms with Gasteiger partial charge >= 0.3 is 0 Å². The molecule has 31 heavy (non-hydrogen) atoms. The number of primary amides is 1. The summed E-state index contributed by atoms with van der Waals surface area (Å²) < 4.78 is 0. The molecule has 0 spiro atoms. The second-order valence-corrected chi connectivity index (χ2v) is 8.46. The molecule has 4 rings (SSSR count). The van der Waals surface area contributed by atoms with E-state index >= 15 is 0 Å². The van der Waals surface area contributed by atoms with Crippen LogP contribution in [0.3, 0.4) is 0 Å². The van der Waals surface area contributed by atoms with Gasteiger partial charge in [0, 0.05) is 25.5 Å². The fourth-order valence-electron chi connectivity index (χ4n) is 4.36. The summed E-state index contributed by atoms with van der Waals surface area (Å²) >= 11 is 0. The van der Waals surface area contributed by atoms with E-state index in [1.54, 1.807) is 29.4 Å². The monoisotopic (exact) mass is 413 g/mol. The number of likely N-dealkylation sites (tertiary alicyclic amines) is 1. The predicted octanol–water partition coefficient (Wildman–Crippen LogP) is 4.01. The molecule has 1 atom stereocenters. The minimum absolute atomic E-state index is 0.104. The molecule has 0 radical (unpaired) electrons. The van der Waals surface area contributed by atoms with Crippen molar-refractivity contribution in [1.29, 1.82) is 0 Å². The van der Waals surface area contributed by atoms with Crippen LogP contribution in [-0.4, -0.2) is 34.8 Å². The lowest BCUT2D eigenvalue weighted by Crippen LogP contribution is -2.53. The number of pyridine rings is 1. The third-order valence-corrected chi connectivity index (χ3v) is 6.18. The van der Waals surface area contributed by atoms with Crippen molar-refractivity contribution in [2.24, 2.45) is 11.1 Å². The molecule has 5 nitrogen and oxygen atoms in total. The highest BCUT2D eigenvalue weighted by atomic mass is 16.2. The molecule has 1 aliphatic heterocycles. The molecule has 2 N–H and O–H groups in total. The van der Waals surface area contributed by atoms with E-state index < -0.39 is 5.41 Å². The Labute approximate surface area is 182 Å². The van der Waals surface area contributed by atoms with Crippen LogP contribution in [0.2, 0.25) is 0 Å². The Hall–Kier alpha value is -3.47. The first-order valence-corrected chi connectivity index (χ1v) is 10.6. The van der Waals surface area contributed by atoms with Gasteiger partial charge in [-0.25, -0.2) is 0 Å². The second kappa shape index (κ2) is 8.72. The first-order valence-electron chi connectivity index (χ1n) is 10.6. The van der Waals surface area contributed by atoms with Crippen molar-refractivity contribution < 1.29 is 9.59 Å². The Bertz CT molecular complexity index is 1060. The van der Waals surface area contributed by atoms with Crippen molar-refractivity contribution in [1.82, 2.24) is 9.88 Å². The molecular formula is C26H27N3O2. The predicted molar refractivity (Wildman–Crippen MR) is 121 cm³/mol. The fraction of sp³-hybridized carbons (Fsp3) is 0.269. The number of carbonyl (C=O) groups excluding carboxylic acids is 2. The normalized spacial score (nSPS) is 18.5. The molecular weight excluding hydrogens is 386 g/mol. The number of hydrogen-bond donors (Lipinski definition) is 1. The van der Waals surface area contributed by atoms with Gasteiger partial charge in [0.25, 0.3) is 5.91 Å². The Morgan fingerprint density at radius 3 is 2.32 bits per heavy atom. The Morgan fingerprint density at radius 2 is 1.71 bits per heavy atom. The number of nitrogens with zero attached hydrogens (tertiary/aromatic N) is 2. The number of benzene rings is 2. The van der Waals surface area contributed by atoms with E-state index in [2.05, 4.69) is 60.4 Å². The number of carbonyl (C=O) groups is 2. The first kappa shape index (κ1) is 20.8. The minimum atomic E-state index is -0.762. The SMILES string of the molecule is Cc1ccc(-c2ccc(C[C@@]3(C(N)=O)CCCN(C(=O)c4cccnc4)C3)cc2)cc1. The summed E-state index contributed by atoms with van der Waals surface area (Å²) in [7, 11) is 0. The third kappa shape index (κ3) is 4.50. The Morgan fingerprint density at radius 1 is 1.03 bits per heavy atom. The van der Waals surface area contributed by atoms with Crippen molar-refractivity contribution in [2.75, 3.05) is 13.1 Å². The number of piperidine rings is 1. The Balaban J connectivity index is 1.53. The van der Waals surface area contributed by atoms with Crippen LogP contribution in [0, 0.1) is 12.3 Å². The maximum Gasteiger partial charge on any atom is 0.255 e. The average molecular weight is 414 g/mol. The molecule has 0 saturated carbocycles. The lowest BCUT2D eigenvalue weighted by molar-refractivity contribution is -0.130. The number of aromatic nitrogens is 1. The van der Waals surface area contributed by atoms with Crippen LogP contribution in [0.5, 0.6) is 0 Å². The molecule has 1 aromatic heterocycles. The van der Waals surface area contributed by atoms with Crippen LogP contribution >= 0.6 is 0 Å². The van der Waals surface area contributed by atoms with Crippen molar-refractivity contribution in [3.63, 3.8) is 0 Å². The minimum Gasteiger partial charge on any atom is -0.369 e. The van der Waals surface area contributed by atoms with Crippen molar-refractivity contribution in [3.8, 4) is 11.1 Å². The van der Waals surface area contributed by atoms with Gasteiger partial charge in [0.15, 0.2) is 0 Å². The largest absolute Gasteiger partial charge is 0.369 e. The molecule has 2 amide bonds. The molecule has 1 saturated heterocycles. The highest BCUT2D eigenvalue weighted by Gasteiger charge is 2.42. The van der Waals surface area contributed by atoms with Gasteiger partial charge < -0.3 is 10.6 Å². The van der Waals surface area contributed by atoms with Gasteiger partial charge in [-0.2, -0.15) is 0 Å². The van der Waals surface area contributed by atoms with E-state index in [-0.39, 0.29) is 11.8 Å². The van der Waals surface area contributed by atoms with Crippen LogP contribution in [0.4, 0.5) is 0 Å². The number of amides is 2. The fourth-order valence-corrected chi connectivity index (χ4v) is 4.36. The zero-order valence-corrected chi connectivity index (χ0v) is 17.8. The van der Waals surface area contributed by atoms with Crippen LogP contribution < -0.4 is 5.73 Å². The van der Waals surface area contributed by atoms with Crippen LogP contribution in [0.15, 0.2) is 73.1 Å². The van der Waals surface area contributed by atoms with Crippen LogP contribution in [0.25, 0.3) is 11.1 Å². The standard InChI is InChI=1S/C26H27N3O2/c1-19-5-9-21(10-6-19)22-11-7-20(8-12-22)16-26(25(27)31)13-3-15-29(18-26)24(30)23-4-2-14-28-17-23/h2,4-12,14,17H,3,13,15-16,18H2,1H3,(H2,27,31)/t26-/m0/s1. The van der Waals surface area contributed by atoms with Crippen molar-refractivity contribution >= 4 is 11.8 Å².